The minimum atomic E-state index is -1.21. The highest BCUT2D eigenvalue weighted by atomic mass is 127. The number of hydrogen-bond acceptors (Lipinski definition) is 4. The zero-order chi connectivity index (χ0) is 11.2. The number of carboxylic acids is 1. The fourth-order valence-corrected chi connectivity index (χ4v) is 1.73. The third kappa shape index (κ3) is 1.65. The number of nitrogens with zero attached hydrogens (tertiary/aromatic N) is 4. The molecule has 0 aliphatic heterocycles. The van der Waals surface area contributed by atoms with Gasteiger partial charge in [-0.2, -0.15) is 14.6 Å². The smallest absolute Gasteiger partial charge is 0.374 e. The third-order valence-electron chi connectivity index (χ3n) is 1.74. The molecule has 0 saturated carbocycles. The van der Waals surface area contributed by atoms with Crippen molar-refractivity contribution in [1.29, 1.82) is 0 Å². The van der Waals surface area contributed by atoms with Crippen molar-refractivity contribution in [3.05, 3.63) is 20.4 Å². The van der Waals surface area contributed by atoms with Gasteiger partial charge in [-0.15, -0.1) is 0 Å². The Hall–Kier alpha value is -0.960. The van der Waals surface area contributed by atoms with Crippen molar-refractivity contribution in [3.8, 4) is 0 Å². The van der Waals surface area contributed by atoms with Crippen LogP contribution in [0.4, 0.5) is 0 Å². The third-order valence-corrected chi connectivity index (χ3v) is 3.25. The van der Waals surface area contributed by atoms with E-state index >= 15 is 0 Å². The molecule has 2 aromatic rings. The fourth-order valence-electron chi connectivity index (χ4n) is 1.08. The Morgan fingerprint density at radius 3 is 2.80 bits per heavy atom. The summed E-state index contributed by atoms with van der Waals surface area (Å²) in [6.45, 7) is 1.78. The number of carboxylic acid groups (broad SMARTS) is 1. The number of carbonyl (C=O) groups is 1. The molecule has 2 rings (SSSR count). The van der Waals surface area contributed by atoms with Crippen molar-refractivity contribution in [2.24, 2.45) is 0 Å². The van der Waals surface area contributed by atoms with Gasteiger partial charge in [0.25, 0.3) is 0 Å². The van der Waals surface area contributed by atoms with Crippen molar-refractivity contribution in [1.82, 2.24) is 19.6 Å². The quantitative estimate of drug-likeness (QED) is 0.795. The van der Waals surface area contributed by atoms with E-state index in [-0.39, 0.29) is 11.1 Å². The standard InChI is InChI=1S/C7H4ClIN4O2/c1-2-3(9)5-10-4(6(14)15)11-7(8)13(5)12-2/h1H3,(H,14,15). The molecule has 0 radical (unpaired) electrons. The summed E-state index contributed by atoms with van der Waals surface area (Å²) >= 11 is 7.80. The minimum Gasteiger partial charge on any atom is -0.475 e. The van der Waals surface area contributed by atoms with Crippen molar-refractivity contribution in [2.45, 2.75) is 6.92 Å². The van der Waals surface area contributed by atoms with E-state index in [1.165, 1.54) is 4.52 Å². The first kappa shape index (κ1) is 10.6. The van der Waals surface area contributed by atoms with E-state index in [2.05, 4.69) is 15.1 Å². The molecule has 78 valence electrons. The Morgan fingerprint density at radius 2 is 2.20 bits per heavy atom. The van der Waals surface area contributed by atoms with Gasteiger partial charge < -0.3 is 5.11 Å². The van der Waals surface area contributed by atoms with E-state index in [4.69, 9.17) is 16.7 Å². The maximum atomic E-state index is 10.7. The molecular weight excluding hydrogens is 334 g/mol. The van der Waals surface area contributed by atoms with Gasteiger partial charge in [-0.25, -0.2) is 9.78 Å². The molecular formula is C7H4ClIN4O2. The second-order valence-corrected chi connectivity index (χ2v) is 4.17. The summed E-state index contributed by atoms with van der Waals surface area (Å²) in [6.07, 6.45) is 0. The lowest BCUT2D eigenvalue weighted by Crippen LogP contribution is -2.08. The summed E-state index contributed by atoms with van der Waals surface area (Å²) in [7, 11) is 0. The van der Waals surface area contributed by atoms with Gasteiger partial charge in [-0.1, -0.05) is 0 Å². The Balaban J connectivity index is 2.85. The zero-order valence-electron chi connectivity index (χ0n) is 7.40. The van der Waals surface area contributed by atoms with Gasteiger partial charge in [0, 0.05) is 0 Å². The molecule has 0 amide bonds. The molecule has 0 bridgehead atoms. The molecule has 15 heavy (non-hydrogen) atoms. The summed E-state index contributed by atoms with van der Waals surface area (Å²) in [6, 6.07) is 0. The molecule has 8 heteroatoms. The fraction of sp³-hybridized carbons (Fsp3) is 0.143. The van der Waals surface area contributed by atoms with E-state index in [0.29, 0.717) is 5.65 Å². The molecule has 0 saturated heterocycles. The second kappa shape index (κ2) is 3.56. The molecule has 0 aliphatic rings. The van der Waals surface area contributed by atoms with Crippen LogP contribution >= 0.6 is 34.2 Å². The first-order chi connectivity index (χ1) is 7.00. The Labute approximate surface area is 102 Å². The van der Waals surface area contributed by atoms with Gasteiger partial charge >= 0.3 is 5.97 Å². The van der Waals surface area contributed by atoms with Gasteiger partial charge in [0.1, 0.15) is 0 Å². The number of halogens is 2. The Morgan fingerprint density at radius 1 is 1.53 bits per heavy atom. The zero-order valence-corrected chi connectivity index (χ0v) is 10.3. The van der Waals surface area contributed by atoms with E-state index in [9.17, 15) is 4.79 Å². The van der Waals surface area contributed by atoms with Crippen molar-refractivity contribution in [2.75, 3.05) is 0 Å². The monoisotopic (exact) mass is 338 g/mol. The predicted octanol–water partition coefficient (Wildman–Crippen LogP) is 1.39. The van der Waals surface area contributed by atoms with Gasteiger partial charge in [0.15, 0.2) is 5.65 Å². The topological polar surface area (TPSA) is 80.4 Å². The molecule has 1 N–H and O–H groups in total. The Kier molecular flexibility index (Phi) is 2.51. The average Bonchev–Trinajstić information content (AvgIpc) is 2.45. The van der Waals surface area contributed by atoms with E-state index in [0.717, 1.165) is 9.26 Å². The van der Waals surface area contributed by atoms with Crippen LogP contribution in [0.3, 0.4) is 0 Å². The molecule has 2 heterocycles. The van der Waals surface area contributed by atoms with Crippen LogP contribution in [0.25, 0.3) is 5.65 Å². The number of aromatic nitrogens is 4. The summed E-state index contributed by atoms with van der Waals surface area (Å²) < 4.78 is 2.07. The maximum Gasteiger partial charge on any atom is 0.374 e. The maximum absolute atomic E-state index is 10.7. The summed E-state index contributed by atoms with van der Waals surface area (Å²) in [5.41, 5.74) is 1.14. The highest BCUT2D eigenvalue weighted by molar-refractivity contribution is 14.1. The number of aryl methyl sites for hydroxylation is 1. The van der Waals surface area contributed by atoms with E-state index in [1.54, 1.807) is 6.92 Å². The van der Waals surface area contributed by atoms with Gasteiger partial charge in [-0.3, -0.25) is 0 Å². The molecule has 0 spiro atoms. The molecule has 0 atom stereocenters. The van der Waals surface area contributed by atoms with Crippen LogP contribution in [0.1, 0.15) is 16.3 Å². The molecule has 0 aromatic carbocycles. The van der Waals surface area contributed by atoms with Crippen LogP contribution in [-0.4, -0.2) is 30.7 Å². The van der Waals surface area contributed by atoms with Crippen molar-refractivity contribution >= 4 is 45.8 Å². The summed E-state index contributed by atoms with van der Waals surface area (Å²) in [5, 5.41) is 12.8. The van der Waals surface area contributed by atoms with Gasteiger partial charge in [-0.05, 0) is 41.1 Å². The van der Waals surface area contributed by atoms with Crippen LogP contribution in [0.5, 0.6) is 0 Å². The first-order valence-electron chi connectivity index (χ1n) is 3.82. The molecule has 2 aromatic heterocycles. The van der Waals surface area contributed by atoms with Crippen LogP contribution in [0.15, 0.2) is 0 Å². The number of hydrogen-bond donors (Lipinski definition) is 1. The molecule has 0 aliphatic carbocycles. The highest BCUT2D eigenvalue weighted by Crippen LogP contribution is 2.18. The number of fused-ring (bicyclic) bond motifs is 1. The van der Waals surface area contributed by atoms with Crippen LogP contribution in [-0.2, 0) is 0 Å². The normalized spacial score (nSPS) is 10.9. The summed E-state index contributed by atoms with van der Waals surface area (Å²) in [4.78, 5) is 18.2. The van der Waals surface area contributed by atoms with Crippen molar-refractivity contribution < 1.29 is 9.90 Å². The Bertz CT molecular complexity index is 568. The molecule has 0 fully saturated rings. The van der Waals surface area contributed by atoms with Crippen molar-refractivity contribution in [3.63, 3.8) is 0 Å². The second-order valence-electron chi connectivity index (χ2n) is 2.76. The highest BCUT2D eigenvalue weighted by Gasteiger charge is 2.16. The number of rotatable bonds is 1. The van der Waals surface area contributed by atoms with E-state index in [1.807, 2.05) is 22.6 Å². The first-order valence-corrected chi connectivity index (χ1v) is 5.28. The number of aromatic carboxylic acids is 1. The molecule has 0 unspecified atom stereocenters. The predicted molar refractivity (Wildman–Crippen MR) is 60.2 cm³/mol. The minimum absolute atomic E-state index is 0.0107. The molecule has 6 nitrogen and oxygen atoms in total. The summed E-state index contributed by atoms with van der Waals surface area (Å²) in [5.74, 6) is -1.54. The lowest BCUT2D eigenvalue weighted by atomic mass is 10.5. The largest absolute Gasteiger partial charge is 0.475 e. The van der Waals surface area contributed by atoms with Crippen LogP contribution in [0.2, 0.25) is 5.28 Å². The lowest BCUT2D eigenvalue weighted by molar-refractivity contribution is 0.0683. The van der Waals surface area contributed by atoms with Crippen LogP contribution < -0.4 is 0 Å². The average molecular weight is 338 g/mol. The van der Waals surface area contributed by atoms with Gasteiger partial charge in [0.2, 0.25) is 11.1 Å². The van der Waals surface area contributed by atoms with Crippen LogP contribution in [0, 0.1) is 10.5 Å². The lowest BCUT2D eigenvalue weighted by Gasteiger charge is -1.97. The van der Waals surface area contributed by atoms with E-state index < -0.39 is 5.97 Å². The SMILES string of the molecule is Cc1nn2c(Cl)nc(C(=O)O)nc2c1I. The van der Waals surface area contributed by atoms with Gasteiger partial charge in [0.05, 0.1) is 9.26 Å².